The van der Waals surface area contributed by atoms with Crippen molar-refractivity contribution < 1.29 is 29.0 Å². The van der Waals surface area contributed by atoms with Crippen molar-refractivity contribution in [1.29, 1.82) is 0 Å². The van der Waals surface area contributed by atoms with Crippen molar-refractivity contribution in [3.05, 3.63) is 48.0 Å². The Bertz CT molecular complexity index is 1040. The van der Waals surface area contributed by atoms with E-state index in [1.54, 1.807) is 42.5 Å². The summed E-state index contributed by atoms with van der Waals surface area (Å²) in [4.78, 5) is 41.9. The molecule has 1 fully saturated rings. The molecule has 0 bridgehead atoms. The molecule has 1 saturated heterocycles. The van der Waals surface area contributed by atoms with E-state index in [0.29, 0.717) is 28.4 Å². The van der Waals surface area contributed by atoms with Crippen LogP contribution in [0.25, 0.3) is 0 Å². The molecule has 9 nitrogen and oxygen atoms in total. The van der Waals surface area contributed by atoms with Crippen LogP contribution in [0.15, 0.2) is 42.5 Å². The highest BCUT2D eigenvalue weighted by Crippen LogP contribution is 2.33. The number of anilines is 2. The highest BCUT2D eigenvalue weighted by molar-refractivity contribution is 6.13. The summed E-state index contributed by atoms with van der Waals surface area (Å²) in [6, 6.07) is 10.8. The average Bonchev–Trinajstić information content (AvgIpc) is 3.15. The third-order valence-corrected chi connectivity index (χ3v) is 5.50. The Labute approximate surface area is 179 Å². The molecular formula is C22H23N3O6. The number of rotatable bonds is 5. The molecule has 0 saturated carbocycles. The van der Waals surface area contributed by atoms with Gasteiger partial charge in [-0.2, -0.15) is 0 Å². The number of amides is 3. The van der Waals surface area contributed by atoms with Gasteiger partial charge in [-0.05, 0) is 24.3 Å². The largest absolute Gasteiger partial charge is 0.497 e. The Morgan fingerprint density at radius 1 is 1.16 bits per heavy atom. The Morgan fingerprint density at radius 3 is 2.68 bits per heavy atom. The summed E-state index contributed by atoms with van der Waals surface area (Å²) < 4.78 is 10.5. The minimum absolute atomic E-state index is 0.0879. The van der Waals surface area contributed by atoms with Gasteiger partial charge in [-0.3, -0.25) is 14.4 Å². The van der Waals surface area contributed by atoms with Crippen LogP contribution in [0.5, 0.6) is 11.5 Å². The number of nitrogens with one attached hydrogen (secondary N) is 1. The lowest BCUT2D eigenvalue weighted by Gasteiger charge is -2.25. The number of aliphatic hydroxyl groups excluding tert-OH is 1. The molecule has 2 unspecified atom stereocenters. The van der Waals surface area contributed by atoms with Crippen LogP contribution in [0.2, 0.25) is 0 Å². The van der Waals surface area contributed by atoms with Gasteiger partial charge in [-0.1, -0.05) is 12.1 Å². The Balaban J connectivity index is 1.64. The maximum Gasteiger partial charge on any atom is 0.256 e. The maximum absolute atomic E-state index is 13.3. The summed E-state index contributed by atoms with van der Waals surface area (Å²) >= 11 is 0. The van der Waals surface area contributed by atoms with Crippen molar-refractivity contribution in [1.82, 2.24) is 4.90 Å². The number of hydrogen-bond acceptors (Lipinski definition) is 6. The lowest BCUT2D eigenvalue weighted by atomic mass is 10.1. The van der Waals surface area contributed by atoms with Crippen LogP contribution in [-0.2, 0) is 9.59 Å². The second-order valence-corrected chi connectivity index (χ2v) is 7.42. The maximum atomic E-state index is 13.3. The molecule has 3 amide bonds. The Morgan fingerprint density at radius 2 is 1.94 bits per heavy atom. The molecule has 0 spiro atoms. The van der Waals surface area contributed by atoms with Crippen LogP contribution >= 0.6 is 0 Å². The molecular weight excluding hydrogens is 402 g/mol. The van der Waals surface area contributed by atoms with E-state index in [9.17, 15) is 19.5 Å². The van der Waals surface area contributed by atoms with E-state index >= 15 is 0 Å². The molecule has 162 valence electrons. The summed E-state index contributed by atoms with van der Waals surface area (Å²) in [7, 11) is 3.00. The zero-order valence-electron chi connectivity index (χ0n) is 17.2. The third kappa shape index (κ3) is 3.79. The highest BCUT2D eigenvalue weighted by atomic mass is 16.5. The first-order chi connectivity index (χ1) is 14.9. The fraction of sp³-hybridized carbons (Fsp3) is 0.318. The van der Waals surface area contributed by atoms with Gasteiger partial charge in [0.25, 0.3) is 5.91 Å². The van der Waals surface area contributed by atoms with Crippen molar-refractivity contribution in [2.24, 2.45) is 0 Å². The van der Waals surface area contributed by atoms with Crippen molar-refractivity contribution in [3.8, 4) is 11.5 Å². The van der Waals surface area contributed by atoms with Crippen LogP contribution in [-0.4, -0.2) is 67.2 Å². The van der Waals surface area contributed by atoms with Gasteiger partial charge < -0.3 is 29.7 Å². The molecule has 2 aliphatic rings. The molecule has 31 heavy (non-hydrogen) atoms. The predicted octanol–water partition coefficient (Wildman–Crippen LogP) is 1.26. The number of nitrogens with zero attached hydrogens (tertiary/aromatic N) is 2. The number of para-hydroxylation sites is 1. The van der Waals surface area contributed by atoms with Gasteiger partial charge in [0, 0.05) is 19.0 Å². The third-order valence-electron chi connectivity index (χ3n) is 5.50. The normalized spacial score (nSPS) is 20.1. The van der Waals surface area contributed by atoms with Gasteiger partial charge in [-0.15, -0.1) is 0 Å². The van der Waals surface area contributed by atoms with E-state index in [4.69, 9.17) is 9.47 Å². The van der Waals surface area contributed by atoms with Crippen molar-refractivity contribution in [2.45, 2.75) is 18.6 Å². The molecule has 2 aromatic carbocycles. The van der Waals surface area contributed by atoms with E-state index in [2.05, 4.69) is 5.32 Å². The Hall–Kier alpha value is -3.59. The molecule has 0 radical (unpaired) electrons. The summed E-state index contributed by atoms with van der Waals surface area (Å²) in [5.74, 6) is -0.217. The SMILES string of the molecule is COc1ccc(OC)c(NC(=O)CN2C(=O)C3CC(O)CN3C(=O)c3ccccc32)c1. The van der Waals surface area contributed by atoms with E-state index < -0.39 is 24.0 Å². The van der Waals surface area contributed by atoms with E-state index in [0.717, 1.165) is 0 Å². The first kappa shape index (κ1) is 20.7. The monoisotopic (exact) mass is 425 g/mol. The zero-order chi connectivity index (χ0) is 22.1. The minimum Gasteiger partial charge on any atom is -0.497 e. The number of fused-ring (bicyclic) bond motifs is 2. The Kier molecular flexibility index (Phi) is 5.51. The summed E-state index contributed by atoms with van der Waals surface area (Å²) in [5.41, 5.74) is 1.09. The number of ether oxygens (including phenoxy) is 2. The molecule has 4 rings (SSSR count). The lowest BCUT2D eigenvalue weighted by molar-refractivity contribution is -0.124. The fourth-order valence-corrected chi connectivity index (χ4v) is 4.02. The second-order valence-electron chi connectivity index (χ2n) is 7.42. The molecule has 2 atom stereocenters. The van der Waals surface area contributed by atoms with Crippen molar-refractivity contribution in [3.63, 3.8) is 0 Å². The van der Waals surface area contributed by atoms with Crippen LogP contribution in [0.4, 0.5) is 11.4 Å². The number of aliphatic hydroxyl groups is 1. The first-order valence-corrected chi connectivity index (χ1v) is 9.84. The number of hydrogen-bond donors (Lipinski definition) is 2. The molecule has 2 heterocycles. The number of methoxy groups -OCH3 is 2. The molecule has 2 N–H and O–H groups in total. The van der Waals surface area contributed by atoms with Gasteiger partial charge in [0.15, 0.2) is 0 Å². The van der Waals surface area contributed by atoms with Crippen LogP contribution in [0.3, 0.4) is 0 Å². The van der Waals surface area contributed by atoms with E-state index in [-0.39, 0.29) is 25.4 Å². The number of benzene rings is 2. The summed E-state index contributed by atoms with van der Waals surface area (Å²) in [5, 5.41) is 12.8. The lowest BCUT2D eigenvalue weighted by Crippen LogP contribution is -2.47. The molecule has 0 aromatic heterocycles. The van der Waals surface area contributed by atoms with Gasteiger partial charge in [0.1, 0.15) is 24.1 Å². The summed E-state index contributed by atoms with van der Waals surface area (Å²) in [6.45, 7) is -0.214. The van der Waals surface area contributed by atoms with E-state index in [1.165, 1.54) is 24.0 Å². The number of carbonyl (C=O) groups excluding carboxylic acids is 3. The van der Waals surface area contributed by atoms with Gasteiger partial charge in [0.05, 0.1) is 37.3 Å². The van der Waals surface area contributed by atoms with E-state index in [1.807, 2.05) is 0 Å². The molecule has 9 heteroatoms. The van der Waals surface area contributed by atoms with Crippen molar-refractivity contribution in [2.75, 3.05) is 37.5 Å². The van der Waals surface area contributed by atoms with Crippen LogP contribution in [0, 0.1) is 0 Å². The zero-order valence-corrected chi connectivity index (χ0v) is 17.2. The van der Waals surface area contributed by atoms with Gasteiger partial charge >= 0.3 is 0 Å². The standard InChI is InChI=1S/C22H23N3O6/c1-30-14-7-8-19(31-2)16(10-14)23-20(27)12-25-17-6-4-3-5-15(17)21(28)24-11-13(26)9-18(24)22(25)29/h3-8,10,13,18,26H,9,11-12H2,1-2H3,(H,23,27). The fourth-order valence-electron chi connectivity index (χ4n) is 4.02. The average molecular weight is 425 g/mol. The van der Waals surface area contributed by atoms with Gasteiger partial charge in [-0.25, -0.2) is 0 Å². The molecule has 0 aliphatic carbocycles. The predicted molar refractivity (Wildman–Crippen MR) is 112 cm³/mol. The molecule has 2 aromatic rings. The number of carbonyl (C=O) groups is 3. The smallest absolute Gasteiger partial charge is 0.256 e. The quantitative estimate of drug-likeness (QED) is 0.747. The van der Waals surface area contributed by atoms with Gasteiger partial charge in [0.2, 0.25) is 11.8 Å². The van der Waals surface area contributed by atoms with Crippen LogP contribution < -0.4 is 19.7 Å². The topological polar surface area (TPSA) is 108 Å². The minimum atomic E-state index is -0.811. The highest BCUT2D eigenvalue weighted by Gasteiger charge is 2.45. The first-order valence-electron chi connectivity index (χ1n) is 9.84. The molecule has 2 aliphatic heterocycles. The van der Waals surface area contributed by atoms with Crippen LogP contribution in [0.1, 0.15) is 16.8 Å². The summed E-state index contributed by atoms with van der Waals surface area (Å²) in [6.07, 6.45) is -0.639. The van der Waals surface area contributed by atoms with Crippen molar-refractivity contribution >= 4 is 29.1 Å². The second kappa shape index (κ2) is 8.27.